The normalized spacial score (nSPS) is 35.4. The van der Waals surface area contributed by atoms with E-state index in [1.807, 2.05) is 0 Å². The van der Waals surface area contributed by atoms with Gasteiger partial charge in [0.05, 0.1) is 0 Å². The summed E-state index contributed by atoms with van der Waals surface area (Å²) >= 11 is 0. The Hall–Kier alpha value is -0.780. The smallest absolute Gasteiger partial charge is 0.00390 e. The van der Waals surface area contributed by atoms with Gasteiger partial charge in [-0.2, -0.15) is 0 Å². The predicted molar refractivity (Wildman–Crippen MR) is 91.9 cm³/mol. The van der Waals surface area contributed by atoms with E-state index < -0.39 is 0 Å². The molecule has 0 N–H and O–H groups in total. The molecular weight excluding hydrogens is 252 g/mol. The topological polar surface area (TPSA) is 0 Å². The molecule has 1 fully saturated rings. The Morgan fingerprint density at radius 3 is 2.62 bits per heavy atom. The highest BCUT2D eigenvalue weighted by Gasteiger charge is 2.50. The van der Waals surface area contributed by atoms with Crippen molar-refractivity contribution in [1.29, 1.82) is 0 Å². The first-order chi connectivity index (χ1) is 9.90. The zero-order valence-corrected chi connectivity index (χ0v) is 14.6. The average Bonchev–Trinajstić information content (AvgIpc) is 2.46. The van der Waals surface area contributed by atoms with Crippen molar-refractivity contribution in [2.75, 3.05) is 0 Å². The molecule has 0 spiro atoms. The van der Waals surface area contributed by atoms with E-state index in [2.05, 4.69) is 52.8 Å². The van der Waals surface area contributed by atoms with Crippen LogP contribution in [0.3, 0.4) is 0 Å². The summed E-state index contributed by atoms with van der Waals surface area (Å²) in [6.07, 6.45) is 8.26. The largest absolute Gasteiger partial charge is 0.0649 e. The summed E-state index contributed by atoms with van der Waals surface area (Å²) in [6, 6.07) is 7.40. The van der Waals surface area contributed by atoms with Crippen molar-refractivity contribution in [3.05, 3.63) is 34.9 Å². The molecule has 116 valence electrons. The van der Waals surface area contributed by atoms with Crippen LogP contribution >= 0.6 is 0 Å². The van der Waals surface area contributed by atoms with Crippen molar-refractivity contribution in [3.63, 3.8) is 0 Å². The van der Waals surface area contributed by atoms with Crippen molar-refractivity contribution >= 4 is 0 Å². The maximum atomic E-state index is 2.57. The van der Waals surface area contributed by atoms with Crippen LogP contribution in [0.2, 0.25) is 0 Å². The summed E-state index contributed by atoms with van der Waals surface area (Å²) < 4.78 is 0. The van der Waals surface area contributed by atoms with E-state index in [0.717, 1.165) is 5.92 Å². The number of benzene rings is 1. The van der Waals surface area contributed by atoms with Crippen LogP contribution in [0.4, 0.5) is 0 Å². The highest BCUT2D eigenvalue weighted by molar-refractivity contribution is 5.42. The number of fused-ring (bicyclic) bond motifs is 3. The Morgan fingerprint density at radius 1 is 1.19 bits per heavy atom. The average molecular weight is 284 g/mol. The van der Waals surface area contributed by atoms with Gasteiger partial charge in [0.1, 0.15) is 0 Å². The third-order valence-corrected chi connectivity index (χ3v) is 6.98. The molecule has 0 amide bonds. The van der Waals surface area contributed by atoms with Crippen LogP contribution in [-0.2, 0) is 11.8 Å². The molecule has 3 rings (SSSR count). The lowest BCUT2D eigenvalue weighted by Crippen LogP contribution is -2.48. The fourth-order valence-electron chi connectivity index (χ4n) is 5.43. The van der Waals surface area contributed by atoms with E-state index in [1.165, 1.54) is 44.1 Å². The van der Waals surface area contributed by atoms with E-state index in [-0.39, 0.29) is 0 Å². The molecule has 0 heteroatoms. The maximum Gasteiger partial charge on any atom is -0.00390 e. The van der Waals surface area contributed by atoms with Gasteiger partial charge in [-0.25, -0.2) is 0 Å². The van der Waals surface area contributed by atoms with E-state index >= 15 is 0 Å². The van der Waals surface area contributed by atoms with E-state index in [4.69, 9.17) is 0 Å². The third kappa shape index (κ3) is 2.26. The molecule has 1 saturated carbocycles. The Morgan fingerprint density at radius 2 is 1.95 bits per heavy atom. The van der Waals surface area contributed by atoms with Gasteiger partial charge < -0.3 is 0 Å². The second-order valence-corrected chi connectivity index (χ2v) is 8.44. The molecule has 21 heavy (non-hydrogen) atoms. The van der Waals surface area contributed by atoms with E-state index in [0.29, 0.717) is 16.7 Å². The molecule has 0 saturated heterocycles. The van der Waals surface area contributed by atoms with Crippen LogP contribution in [0.1, 0.15) is 89.3 Å². The molecule has 2 aliphatic carbocycles. The highest BCUT2D eigenvalue weighted by atomic mass is 14.5. The third-order valence-electron chi connectivity index (χ3n) is 6.98. The zero-order valence-electron chi connectivity index (χ0n) is 14.6. The fourth-order valence-corrected chi connectivity index (χ4v) is 5.43. The van der Waals surface area contributed by atoms with E-state index in [1.54, 1.807) is 11.1 Å². The molecule has 0 aromatic heterocycles. The van der Waals surface area contributed by atoms with Crippen molar-refractivity contribution in [2.45, 2.75) is 84.5 Å². The molecule has 0 aliphatic heterocycles. The molecule has 0 heterocycles. The minimum atomic E-state index is 0.423. The number of aryl methyl sites for hydroxylation is 1. The summed E-state index contributed by atoms with van der Waals surface area (Å²) in [5.41, 5.74) is 5.83. The lowest BCUT2D eigenvalue weighted by Gasteiger charge is -2.55. The fraction of sp³-hybridized carbons (Fsp3) is 0.714. The molecule has 0 bridgehead atoms. The lowest BCUT2D eigenvalue weighted by atomic mass is 9.49. The van der Waals surface area contributed by atoms with Gasteiger partial charge >= 0.3 is 0 Å². The zero-order chi connectivity index (χ0) is 15.3. The Bertz CT molecular complexity index is 527. The van der Waals surface area contributed by atoms with Crippen LogP contribution in [0.25, 0.3) is 0 Å². The van der Waals surface area contributed by atoms with Crippen LogP contribution in [-0.4, -0.2) is 0 Å². The first kappa shape index (κ1) is 15.1. The van der Waals surface area contributed by atoms with Gasteiger partial charge in [-0.05, 0) is 65.0 Å². The van der Waals surface area contributed by atoms with Crippen molar-refractivity contribution in [3.8, 4) is 0 Å². The number of hydrogen-bond donors (Lipinski definition) is 0. The SMILES string of the molecule is CC[C@]1(C)CCC[C@]2(C)c3ccc(C(C)C)cc3CC[C@@H]12. The summed E-state index contributed by atoms with van der Waals surface area (Å²) in [7, 11) is 0. The van der Waals surface area contributed by atoms with Gasteiger partial charge in [-0.1, -0.05) is 65.7 Å². The Kier molecular flexibility index (Phi) is 3.71. The number of rotatable bonds is 2. The van der Waals surface area contributed by atoms with Gasteiger partial charge in [0.2, 0.25) is 0 Å². The molecule has 1 aromatic rings. The van der Waals surface area contributed by atoms with Crippen LogP contribution < -0.4 is 0 Å². The standard InChI is InChI=1S/C21H32/c1-6-20(4)12-7-13-21(5)18-10-8-16(15(2)3)14-17(18)9-11-19(20)21/h8,10,14-15,19H,6-7,9,11-13H2,1-5H3/t19-,20+,21+/m0/s1. The predicted octanol–water partition coefficient (Wildman–Crippen LogP) is 6.23. The minimum absolute atomic E-state index is 0.423. The highest BCUT2D eigenvalue weighted by Crippen LogP contribution is 2.58. The van der Waals surface area contributed by atoms with Gasteiger partial charge in [0, 0.05) is 0 Å². The van der Waals surface area contributed by atoms with Crippen molar-refractivity contribution in [1.82, 2.24) is 0 Å². The minimum Gasteiger partial charge on any atom is -0.0649 e. The quantitative estimate of drug-likeness (QED) is 0.604. The van der Waals surface area contributed by atoms with Gasteiger partial charge in [0.25, 0.3) is 0 Å². The summed E-state index contributed by atoms with van der Waals surface area (Å²) in [5, 5.41) is 0. The second-order valence-electron chi connectivity index (χ2n) is 8.44. The van der Waals surface area contributed by atoms with Gasteiger partial charge in [-0.15, -0.1) is 0 Å². The van der Waals surface area contributed by atoms with Crippen LogP contribution in [0, 0.1) is 11.3 Å². The Labute approximate surface area is 131 Å². The molecular formula is C21H32. The molecule has 3 atom stereocenters. The molecule has 2 aliphatic rings. The van der Waals surface area contributed by atoms with Crippen LogP contribution in [0.15, 0.2) is 18.2 Å². The number of hydrogen-bond acceptors (Lipinski definition) is 0. The first-order valence-electron chi connectivity index (χ1n) is 9.04. The first-order valence-corrected chi connectivity index (χ1v) is 9.04. The van der Waals surface area contributed by atoms with Gasteiger partial charge in [0.15, 0.2) is 0 Å². The lowest BCUT2D eigenvalue weighted by molar-refractivity contribution is 0.0226. The second kappa shape index (κ2) is 5.14. The van der Waals surface area contributed by atoms with Crippen LogP contribution in [0.5, 0.6) is 0 Å². The summed E-state index contributed by atoms with van der Waals surface area (Å²) in [4.78, 5) is 0. The van der Waals surface area contributed by atoms with Crippen molar-refractivity contribution < 1.29 is 0 Å². The van der Waals surface area contributed by atoms with E-state index in [9.17, 15) is 0 Å². The summed E-state index contributed by atoms with van der Waals surface area (Å²) in [6.45, 7) is 12.1. The molecule has 1 aromatic carbocycles. The van der Waals surface area contributed by atoms with Gasteiger partial charge in [-0.3, -0.25) is 0 Å². The molecule has 0 unspecified atom stereocenters. The Balaban J connectivity index is 2.05. The summed E-state index contributed by atoms with van der Waals surface area (Å²) in [5.74, 6) is 1.52. The molecule has 0 nitrogen and oxygen atoms in total. The maximum absolute atomic E-state index is 2.57. The van der Waals surface area contributed by atoms with Crippen molar-refractivity contribution in [2.24, 2.45) is 11.3 Å². The monoisotopic (exact) mass is 284 g/mol. The molecule has 0 radical (unpaired) electrons.